The van der Waals surface area contributed by atoms with Crippen LogP contribution in [-0.2, 0) is 11.3 Å². The monoisotopic (exact) mass is 355 g/mol. The number of benzene rings is 1. The van der Waals surface area contributed by atoms with Gasteiger partial charge in [0.25, 0.3) is 5.91 Å². The van der Waals surface area contributed by atoms with Crippen LogP contribution in [0.4, 0.5) is 5.82 Å². The summed E-state index contributed by atoms with van der Waals surface area (Å²) < 4.78 is 10.9. The molecule has 0 aliphatic rings. The van der Waals surface area contributed by atoms with Crippen molar-refractivity contribution in [3.05, 3.63) is 53.7 Å². The van der Waals surface area contributed by atoms with Crippen LogP contribution in [0.2, 0.25) is 0 Å². The minimum atomic E-state index is -0.207. The molecule has 6 nitrogen and oxygen atoms in total. The molecule has 0 spiro atoms. The van der Waals surface area contributed by atoms with Crippen LogP contribution in [0.3, 0.4) is 0 Å². The predicted octanol–water partition coefficient (Wildman–Crippen LogP) is 2.88. The summed E-state index contributed by atoms with van der Waals surface area (Å²) >= 11 is 0. The zero-order valence-corrected chi connectivity index (χ0v) is 15.7. The summed E-state index contributed by atoms with van der Waals surface area (Å²) in [6, 6.07) is 9.42. The highest BCUT2D eigenvalue weighted by molar-refractivity contribution is 5.77. The highest BCUT2D eigenvalue weighted by Gasteiger charge is 2.08. The Bertz CT molecular complexity index is 755. The van der Waals surface area contributed by atoms with E-state index in [4.69, 9.17) is 9.47 Å². The molecule has 0 saturated carbocycles. The fourth-order valence-electron chi connectivity index (χ4n) is 2.28. The zero-order valence-electron chi connectivity index (χ0n) is 15.7. The lowest BCUT2D eigenvalue weighted by molar-refractivity contribution is -0.123. The molecule has 0 bridgehead atoms. The lowest BCUT2D eigenvalue weighted by Gasteiger charge is -2.12. The third kappa shape index (κ3) is 5.51. The molecule has 1 aromatic carbocycles. The Labute approximate surface area is 154 Å². The number of carbonyl (C=O) groups excluding carboxylic acids is 1. The number of rotatable bonds is 8. The van der Waals surface area contributed by atoms with Crippen LogP contribution in [0, 0.1) is 0 Å². The van der Waals surface area contributed by atoms with Gasteiger partial charge in [0.05, 0.1) is 7.11 Å². The van der Waals surface area contributed by atoms with Crippen molar-refractivity contribution >= 4 is 17.8 Å². The van der Waals surface area contributed by atoms with Gasteiger partial charge >= 0.3 is 0 Å². The van der Waals surface area contributed by atoms with E-state index in [2.05, 4.69) is 10.3 Å². The molecular formula is C20H25N3O3. The highest BCUT2D eigenvalue weighted by Crippen LogP contribution is 2.28. The minimum Gasteiger partial charge on any atom is -0.493 e. The number of aromatic nitrogens is 1. The van der Waals surface area contributed by atoms with Crippen molar-refractivity contribution in [3.63, 3.8) is 0 Å². The average Bonchev–Trinajstić information content (AvgIpc) is 2.65. The molecule has 138 valence electrons. The molecule has 0 saturated heterocycles. The molecule has 2 rings (SSSR count). The first-order chi connectivity index (χ1) is 12.5. The normalized spacial score (nSPS) is 10.6. The molecule has 0 aliphatic carbocycles. The summed E-state index contributed by atoms with van der Waals surface area (Å²) in [7, 11) is 5.44. The lowest BCUT2D eigenvalue weighted by Crippen LogP contribution is -2.28. The van der Waals surface area contributed by atoms with Gasteiger partial charge in [0, 0.05) is 26.8 Å². The Morgan fingerprint density at radius 2 is 2.04 bits per heavy atom. The van der Waals surface area contributed by atoms with Gasteiger partial charge in [-0.05, 0) is 36.2 Å². The molecule has 2 aromatic rings. The van der Waals surface area contributed by atoms with Gasteiger partial charge in [0.1, 0.15) is 5.82 Å². The van der Waals surface area contributed by atoms with E-state index in [1.54, 1.807) is 19.4 Å². The number of anilines is 1. The molecular weight excluding hydrogens is 330 g/mol. The van der Waals surface area contributed by atoms with Crippen molar-refractivity contribution in [3.8, 4) is 11.5 Å². The molecule has 1 aromatic heterocycles. The van der Waals surface area contributed by atoms with Crippen LogP contribution >= 0.6 is 0 Å². The van der Waals surface area contributed by atoms with E-state index in [9.17, 15) is 4.79 Å². The van der Waals surface area contributed by atoms with Gasteiger partial charge in [0.2, 0.25) is 0 Å². The van der Waals surface area contributed by atoms with Gasteiger partial charge < -0.3 is 19.7 Å². The van der Waals surface area contributed by atoms with Crippen LogP contribution in [0.25, 0.3) is 6.08 Å². The molecule has 0 unspecified atom stereocenters. The average molecular weight is 355 g/mol. The Morgan fingerprint density at radius 3 is 2.65 bits per heavy atom. The van der Waals surface area contributed by atoms with Crippen molar-refractivity contribution in [2.75, 3.05) is 32.7 Å². The van der Waals surface area contributed by atoms with E-state index in [0.717, 1.165) is 16.9 Å². The molecule has 1 N–H and O–H groups in total. The number of pyridine rings is 1. The fourth-order valence-corrected chi connectivity index (χ4v) is 2.28. The van der Waals surface area contributed by atoms with Crippen LogP contribution in [-0.4, -0.2) is 38.7 Å². The van der Waals surface area contributed by atoms with Gasteiger partial charge in [-0.2, -0.15) is 0 Å². The fraction of sp³-hybridized carbons (Fsp3) is 0.300. The predicted molar refractivity (Wildman–Crippen MR) is 104 cm³/mol. The third-order valence-electron chi connectivity index (χ3n) is 3.66. The van der Waals surface area contributed by atoms with Crippen LogP contribution < -0.4 is 19.7 Å². The largest absolute Gasteiger partial charge is 0.493 e. The Balaban J connectivity index is 1.86. The first-order valence-corrected chi connectivity index (χ1v) is 8.36. The number of methoxy groups -OCH3 is 1. The Hall–Kier alpha value is -3.02. The number of ether oxygens (including phenoxy) is 2. The number of hydrogen-bond donors (Lipinski definition) is 1. The van der Waals surface area contributed by atoms with Gasteiger partial charge in [-0.15, -0.1) is 0 Å². The molecule has 26 heavy (non-hydrogen) atoms. The summed E-state index contributed by atoms with van der Waals surface area (Å²) in [4.78, 5) is 18.3. The quantitative estimate of drug-likeness (QED) is 0.789. The summed E-state index contributed by atoms with van der Waals surface area (Å²) in [5.41, 5.74) is 1.94. The standard InChI is InChI=1S/C20H25N3O3/c1-5-6-15-7-9-17(18(11-15)25-4)26-14-20(24)22-13-16-8-10-19(21-12-16)23(2)3/h5-12H,13-14H2,1-4H3,(H,22,24)/b6-5+. The maximum Gasteiger partial charge on any atom is 0.258 e. The summed E-state index contributed by atoms with van der Waals surface area (Å²) in [5.74, 6) is 1.79. The van der Waals surface area contributed by atoms with Crippen molar-refractivity contribution < 1.29 is 14.3 Å². The van der Waals surface area contributed by atoms with Crippen molar-refractivity contribution in [2.45, 2.75) is 13.5 Å². The van der Waals surface area contributed by atoms with Gasteiger partial charge in [0.15, 0.2) is 18.1 Å². The number of nitrogens with zero attached hydrogens (tertiary/aromatic N) is 2. The minimum absolute atomic E-state index is 0.0808. The second-order valence-electron chi connectivity index (χ2n) is 5.89. The number of amides is 1. The first kappa shape index (κ1) is 19.3. The van der Waals surface area contributed by atoms with Crippen molar-refractivity contribution in [1.29, 1.82) is 0 Å². The van der Waals surface area contributed by atoms with E-state index in [-0.39, 0.29) is 12.5 Å². The van der Waals surface area contributed by atoms with Gasteiger partial charge in [-0.3, -0.25) is 4.79 Å². The number of nitrogens with one attached hydrogen (secondary N) is 1. The topological polar surface area (TPSA) is 63.7 Å². The molecule has 6 heteroatoms. The molecule has 1 heterocycles. The second kappa shape index (κ2) is 9.46. The summed E-state index contributed by atoms with van der Waals surface area (Å²) in [6.45, 7) is 2.27. The number of hydrogen-bond acceptors (Lipinski definition) is 5. The lowest BCUT2D eigenvalue weighted by atomic mass is 10.2. The summed E-state index contributed by atoms with van der Waals surface area (Å²) in [5, 5.41) is 2.82. The summed E-state index contributed by atoms with van der Waals surface area (Å²) in [6.07, 6.45) is 5.66. The SMILES string of the molecule is C/C=C/c1ccc(OCC(=O)NCc2ccc(N(C)C)nc2)c(OC)c1. The van der Waals surface area contributed by atoms with E-state index >= 15 is 0 Å². The molecule has 1 amide bonds. The number of allylic oxidation sites excluding steroid dienone is 1. The Morgan fingerprint density at radius 1 is 1.23 bits per heavy atom. The maximum absolute atomic E-state index is 12.0. The molecule has 0 fully saturated rings. The smallest absolute Gasteiger partial charge is 0.258 e. The van der Waals surface area contributed by atoms with Crippen LogP contribution in [0.1, 0.15) is 18.1 Å². The molecule has 0 aliphatic heterocycles. The van der Waals surface area contributed by atoms with Gasteiger partial charge in [-0.1, -0.05) is 24.3 Å². The Kier molecular flexibility index (Phi) is 7.02. The van der Waals surface area contributed by atoms with Crippen molar-refractivity contribution in [2.24, 2.45) is 0 Å². The zero-order chi connectivity index (χ0) is 18.9. The molecule has 0 atom stereocenters. The second-order valence-corrected chi connectivity index (χ2v) is 5.89. The number of carbonyl (C=O) groups is 1. The third-order valence-corrected chi connectivity index (χ3v) is 3.66. The van der Waals surface area contributed by atoms with Crippen LogP contribution in [0.5, 0.6) is 11.5 Å². The maximum atomic E-state index is 12.0. The molecule has 0 radical (unpaired) electrons. The van der Waals surface area contributed by atoms with E-state index in [0.29, 0.717) is 18.0 Å². The van der Waals surface area contributed by atoms with E-state index < -0.39 is 0 Å². The highest BCUT2D eigenvalue weighted by atomic mass is 16.5. The van der Waals surface area contributed by atoms with Crippen molar-refractivity contribution in [1.82, 2.24) is 10.3 Å². The van der Waals surface area contributed by atoms with Crippen LogP contribution in [0.15, 0.2) is 42.6 Å². The van der Waals surface area contributed by atoms with Gasteiger partial charge in [-0.25, -0.2) is 4.98 Å². The first-order valence-electron chi connectivity index (χ1n) is 8.36. The van der Waals surface area contributed by atoms with E-state index in [1.807, 2.05) is 62.3 Å². The van der Waals surface area contributed by atoms with E-state index in [1.165, 1.54) is 0 Å².